The van der Waals surface area contributed by atoms with Gasteiger partial charge < -0.3 is 15.8 Å². The smallest absolute Gasteiger partial charge is 0.223 e. The highest BCUT2D eigenvalue weighted by Gasteiger charge is 2.29. The molecule has 29 heavy (non-hydrogen) atoms. The molecular formula is C23H28Cl2N2O2. The third-order valence-electron chi connectivity index (χ3n) is 5.74. The Labute approximate surface area is 183 Å². The molecule has 3 N–H and O–H groups in total. The topological polar surface area (TPSA) is 64.3 Å². The molecule has 4 rings (SSSR count). The maximum atomic E-state index is 11.7. The number of benzene rings is 2. The van der Waals surface area contributed by atoms with E-state index >= 15 is 0 Å². The van der Waals surface area contributed by atoms with E-state index in [-0.39, 0.29) is 36.2 Å². The summed E-state index contributed by atoms with van der Waals surface area (Å²) in [5, 5.41) is 3.69. The normalized spacial score (nSPS) is 20.3. The molecule has 2 atom stereocenters. The number of fused-ring (bicyclic) bond motifs is 1. The first kappa shape index (κ1) is 21.9. The minimum absolute atomic E-state index is 0. The molecule has 1 amide bonds. The van der Waals surface area contributed by atoms with Crippen molar-refractivity contribution in [2.45, 2.75) is 44.1 Å². The van der Waals surface area contributed by atoms with Gasteiger partial charge in [-0.15, -0.1) is 12.4 Å². The fourth-order valence-electron chi connectivity index (χ4n) is 4.00. The minimum atomic E-state index is 0. The third kappa shape index (κ3) is 5.65. The summed E-state index contributed by atoms with van der Waals surface area (Å²) in [5.74, 6) is 1.48. The van der Waals surface area contributed by atoms with Gasteiger partial charge in [-0.25, -0.2) is 0 Å². The molecule has 2 unspecified atom stereocenters. The van der Waals surface area contributed by atoms with Gasteiger partial charge in [-0.1, -0.05) is 29.8 Å². The predicted octanol–water partition coefficient (Wildman–Crippen LogP) is 4.27. The minimum Gasteiger partial charge on any atom is -0.492 e. The van der Waals surface area contributed by atoms with E-state index in [1.165, 1.54) is 16.7 Å². The number of nitrogens with one attached hydrogen (secondary N) is 1. The van der Waals surface area contributed by atoms with Gasteiger partial charge in [0.25, 0.3) is 0 Å². The molecule has 1 saturated carbocycles. The van der Waals surface area contributed by atoms with Crippen molar-refractivity contribution >= 4 is 29.9 Å². The summed E-state index contributed by atoms with van der Waals surface area (Å²) in [6.45, 7) is 1.01. The molecule has 0 radical (unpaired) electrons. The van der Waals surface area contributed by atoms with Crippen LogP contribution >= 0.6 is 24.0 Å². The lowest BCUT2D eigenvalue weighted by Gasteiger charge is -2.32. The van der Waals surface area contributed by atoms with Crippen LogP contribution in [0.25, 0.3) is 0 Å². The van der Waals surface area contributed by atoms with Crippen LogP contribution in [0.5, 0.6) is 5.75 Å². The van der Waals surface area contributed by atoms with Crippen LogP contribution in [0.4, 0.5) is 0 Å². The zero-order valence-electron chi connectivity index (χ0n) is 16.4. The van der Waals surface area contributed by atoms with Crippen LogP contribution in [-0.4, -0.2) is 25.1 Å². The largest absolute Gasteiger partial charge is 0.492 e. The zero-order chi connectivity index (χ0) is 19.5. The number of nitrogens with two attached hydrogens (primary N) is 1. The Morgan fingerprint density at radius 2 is 2.00 bits per heavy atom. The fraction of sp³-hybridized carbons (Fsp3) is 0.435. The number of aryl methyl sites for hydroxylation is 1. The van der Waals surface area contributed by atoms with Crippen molar-refractivity contribution < 1.29 is 9.53 Å². The first-order chi connectivity index (χ1) is 13.6. The van der Waals surface area contributed by atoms with Crippen molar-refractivity contribution in [3.63, 3.8) is 0 Å². The summed E-state index contributed by atoms with van der Waals surface area (Å²) in [7, 11) is 0. The fourth-order valence-corrected chi connectivity index (χ4v) is 4.21. The maximum Gasteiger partial charge on any atom is 0.223 e. The van der Waals surface area contributed by atoms with Crippen LogP contribution in [-0.2, 0) is 17.6 Å². The molecule has 0 aromatic heterocycles. The monoisotopic (exact) mass is 434 g/mol. The number of amides is 1. The number of hydrogen-bond donors (Lipinski definition) is 2. The van der Waals surface area contributed by atoms with Gasteiger partial charge in [0.05, 0.1) is 6.54 Å². The van der Waals surface area contributed by atoms with Crippen molar-refractivity contribution in [2.75, 3.05) is 13.2 Å². The molecule has 2 aromatic carbocycles. The number of halogens is 2. The molecular weight excluding hydrogens is 407 g/mol. The van der Waals surface area contributed by atoms with Gasteiger partial charge in [0.15, 0.2) is 0 Å². The van der Waals surface area contributed by atoms with Crippen LogP contribution in [0.1, 0.15) is 41.9 Å². The van der Waals surface area contributed by atoms with E-state index < -0.39 is 0 Å². The number of rotatable bonds is 7. The van der Waals surface area contributed by atoms with E-state index in [4.69, 9.17) is 22.1 Å². The van der Waals surface area contributed by atoms with Crippen LogP contribution in [0.3, 0.4) is 0 Å². The summed E-state index contributed by atoms with van der Waals surface area (Å²) < 4.78 is 5.90. The molecule has 2 aliphatic carbocycles. The standard InChI is InChI=1S/C23H27ClN2O2.ClH/c24-18-3-1-2-15(12-18)13-21-20-14-19(8-6-16(20)7-9-22(21)25)28-11-10-26-23(27)17-4-5-17;/h1-3,6,8,12,14,17,21-22H,4-5,7,9-11,13,25H2,(H,26,27);1H. The van der Waals surface area contributed by atoms with E-state index in [2.05, 4.69) is 23.5 Å². The van der Waals surface area contributed by atoms with Gasteiger partial charge in [-0.2, -0.15) is 0 Å². The summed E-state index contributed by atoms with van der Waals surface area (Å²) >= 11 is 6.16. The van der Waals surface area contributed by atoms with E-state index in [9.17, 15) is 4.79 Å². The molecule has 6 heteroatoms. The summed E-state index contributed by atoms with van der Waals surface area (Å²) in [6, 6.07) is 14.4. The Hall–Kier alpha value is -1.75. The summed E-state index contributed by atoms with van der Waals surface area (Å²) in [6.07, 6.45) is 4.90. The molecule has 2 aromatic rings. The third-order valence-corrected chi connectivity index (χ3v) is 5.98. The van der Waals surface area contributed by atoms with Crippen molar-refractivity contribution in [3.05, 3.63) is 64.2 Å². The molecule has 4 nitrogen and oxygen atoms in total. The van der Waals surface area contributed by atoms with E-state index in [1.54, 1.807) is 0 Å². The number of carbonyl (C=O) groups is 1. The van der Waals surface area contributed by atoms with Crippen LogP contribution in [0, 0.1) is 5.92 Å². The number of hydrogen-bond acceptors (Lipinski definition) is 3. The maximum absolute atomic E-state index is 11.7. The van der Waals surface area contributed by atoms with Gasteiger partial charge in [-0.05, 0) is 73.1 Å². The van der Waals surface area contributed by atoms with Crippen molar-refractivity contribution in [2.24, 2.45) is 11.7 Å². The van der Waals surface area contributed by atoms with Crippen molar-refractivity contribution in [1.82, 2.24) is 5.32 Å². The van der Waals surface area contributed by atoms with Gasteiger partial charge in [-0.3, -0.25) is 4.79 Å². The van der Waals surface area contributed by atoms with Crippen LogP contribution < -0.4 is 15.8 Å². The van der Waals surface area contributed by atoms with Crippen molar-refractivity contribution in [3.8, 4) is 5.75 Å². The van der Waals surface area contributed by atoms with Crippen molar-refractivity contribution in [1.29, 1.82) is 0 Å². The van der Waals surface area contributed by atoms with E-state index in [1.807, 2.05) is 24.3 Å². The molecule has 0 heterocycles. The lowest BCUT2D eigenvalue weighted by molar-refractivity contribution is -0.122. The van der Waals surface area contributed by atoms with Crippen LogP contribution in [0.2, 0.25) is 5.02 Å². The van der Waals surface area contributed by atoms with Gasteiger partial charge in [0.2, 0.25) is 5.91 Å². The SMILES string of the molecule is Cl.NC1CCc2ccc(OCCNC(=O)C3CC3)cc2C1Cc1cccc(Cl)c1. The average Bonchev–Trinajstić information content (AvgIpc) is 3.53. The molecule has 2 aliphatic rings. The lowest BCUT2D eigenvalue weighted by Crippen LogP contribution is -2.34. The number of carbonyl (C=O) groups excluding carboxylic acids is 1. The zero-order valence-corrected chi connectivity index (χ0v) is 18.0. The highest BCUT2D eigenvalue weighted by atomic mass is 35.5. The Kier molecular flexibility index (Phi) is 7.44. The Morgan fingerprint density at radius 3 is 2.76 bits per heavy atom. The molecule has 0 spiro atoms. The van der Waals surface area contributed by atoms with E-state index in [0.29, 0.717) is 13.2 Å². The quantitative estimate of drug-likeness (QED) is 0.639. The second-order valence-corrected chi connectivity index (χ2v) is 8.35. The molecule has 0 aliphatic heterocycles. The Bertz CT molecular complexity index is 855. The second-order valence-electron chi connectivity index (χ2n) is 7.92. The first-order valence-electron chi connectivity index (χ1n) is 10.1. The second kappa shape index (κ2) is 9.84. The van der Waals surface area contributed by atoms with E-state index in [0.717, 1.165) is 42.9 Å². The van der Waals surface area contributed by atoms with Gasteiger partial charge in [0, 0.05) is 22.9 Å². The summed E-state index contributed by atoms with van der Waals surface area (Å²) in [4.78, 5) is 11.7. The highest BCUT2D eigenvalue weighted by Crippen LogP contribution is 2.36. The Balaban J connectivity index is 0.00000240. The molecule has 156 valence electrons. The predicted molar refractivity (Wildman–Crippen MR) is 119 cm³/mol. The molecule has 1 fully saturated rings. The lowest BCUT2D eigenvalue weighted by atomic mass is 9.76. The average molecular weight is 435 g/mol. The molecule has 0 bridgehead atoms. The van der Waals surface area contributed by atoms with Gasteiger partial charge in [0.1, 0.15) is 12.4 Å². The summed E-state index contributed by atoms with van der Waals surface area (Å²) in [5.41, 5.74) is 10.3. The molecule has 0 saturated heterocycles. The van der Waals surface area contributed by atoms with Crippen LogP contribution in [0.15, 0.2) is 42.5 Å². The Morgan fingerprint density at radius 1 is 1.17 bits per heavy atom. The van der Waals surface area contributed by atoms with Gasteiger partial charge >= 0.3 is 0 Å². The number of ether oxygens (including phenoxy) is 1. The first-order valence-corrected chi connectivity index (χ1v) is 10.5. The highest BCUT2D eigenvalue weighted by molar-refractivity contribution is 6.30.